The minimum Gasteiger partial charge on any atom is -0.466 e. The third-order valence-corrected chi connectivity index (χ3v) is 8.14. The summed E-state index contributed by atoms with van der Waals surface area (Å²) in [6, 6.07) is 17.7. The Labute approximate surface area is 263 Å². The molecule has 0 aliphatic carbocycles. The van der Waals surface area contributed by atoms with Crippen molar-refractivity contribution in [3.05, 3.63) is 54.6 Å². The van der Waals surface area contributed by atoms with Crippen molar-refractivity contribution in [3.8, 4) is 11.1 Å². The number of unbranched alkanes of at least 4 members (excludes halogenated alkanes) is 3. The van der Waals surface area contributed by atoms with Crippen LogP contribution < -0.4 is 5.32 Å². The number of hydrogen-bond donors (Lipinski definition) is 1. The van der Waals surface area contributed by atoms with Gasteiger partial charge in [0.2, 0.25) is 5.91 Å². The summed E-state index contributed by atoms with van der Waals surface area (Å²) in [7, 11) is 4.00. The second kappa shape index (κ2) is 19.8. The molecule has 1 fully saturated rings. The number of carbonyl (C=O) groups is 3. The van der Waals surface area contributed by atoms with Crippen molar-refractivity contribution >= 4 is 23.7 Å². The zero-order chi connectivity index (χ0) is 31.6. The summed E-state index contributed by atoms with van der Waals surface area (Å²) < 4.78 is 10.7. The van der Waals surface area contributed by atoms with E-state index < -0.39 is 6.09 Å². The summed E-state index contributed by atoms with van der Waals surface area (Å²) in [6.07, 6.45) is 6.96. The summed E-state index contributed by atoms with van der Waals surface area (Å²) in [4.78, 5) is 43.2. The van der Waals surface area contributed by atoms with E-state index in [1.807, 2.05) is 73.5 Å². The van der Waals surface area contributed by atoms with Crippen molar-refractivity contribution in [2.75, 3.05) is 65.3 Å². The Bertz CT molecular complexity index is 1140. The zero-order valence-electron chi connectivity index (χ0n) is 27.0. The molecule has 0 bridgehead atoms. The zero-order valence-corrected chi connectivity index (χ0v) is 27.0. The van der Waals surface area contributed by atoms with Crippen LogP contribution in [-0.2, 0) is 19.1 Å². The number of ether oxygens (including phenoxy) is 2. The Balaban J connectivity index is 1.23. The number of nitrogens with one attached hydrogen (secondary N) is 1. The van der Waals surface area contributed by atoms with Gasteiger partial charge in [-0.05, 0) is 77.2 Å². The summed E-state index contributed by atoms with van der Waals surface area (Å²) in [6.45, 7) is 7.47. The van der Waals surface area contributed by atoms with Gasteiger partial charge in [-0.3, -0.25) is 14.9 Å². The quantitative estimate of drug-likeness (QED) is 0.163. The summed E-state index contributed by atoms with van der Waals surface area (Å²) >= 11 is 0. The van der Waals surface area contributed by atoms with E-state index in [9.17, 15) is 14.4 Å². The molecule has 9 heteroatoms. The monoisotopic (exact) mass is 608 g/mol. The van der Waals surface area contributed by atoms with Crippen LogP contribution in [0.15, 0.2) is 54.6 Å². The van der Waals surface area contributed by atoms with E-state index in [4.69, 9.17) is 9.47 Å². The fourth-order valence-corrected chi connectivity index (χ4v) is 5.44. The van der Waals surface area contributed by atoms with E-state index >= 15 is 0 Å². The van der Waals surface area contributed by atoms with E-state index in [2.05, 4.69) is 22.2 Å². The van der Waals surface area contributed by atoms with Crippen molar-refractivity contribution < 1.29 is 23.9 Å². The molecule has 1 aliphatic rings. The SMILES string of the molecule is CCOC(=O)CCCCN(C)CCCCCC(=O)N(C)CCN1CCC(OC(=O)Nc2ccccc2-c2ccccc2)CC1. The average Bonchev–Trinajstić information content (AvgIpc) is 3.03. The normalized spacial score (nSPS) is 13.9. The first-order chi connectivity index (χ1) is 21.4. The Kier molecular flexibility index (Phi) is 15.7. The van der Waals surface area contributed by atoms with Gasteiger partial charge < -0.3 is 24.2 Å². The Morgan fingerprint density at radius 1 is 0.841 bits per heavy atom. The van der Waals surface area contributed by atoms with E-state index in [0.717, 1.165) is 94.5 Å². The number of amides is 2. The number of likely N-dealkylation sites (tertiary alicyclic amines) is 1. The first kappa shape index (κ1) is 35.1. The van der Waals surface area contributed by atoms with Gasteiger partial charge in [-0.15, -0.1) is 0 Å². The van der Waals surface area contributed by atoms with E-state index in [1.54, 1.807) is 0 Å². The summed E-state index contributed by atoms with van der Waals surface area (Å²) in [5.41, 5.74) is 2.74. The Morgan fingerprint density at radius 2 is 1.50 bits per heavy atom. The molecule has 44 heavy (non-hydrogen) atoms. The van der Waals surface area contributed by atoms with Crippen molar-refractivity contribution in [1.29, 1.82) is 0 Å². The highest BCUT2D eigenvalue weighted by molar-refractivity contribution is 5.91. The van der Waals surface area contributed by atoms with Crippen molar-refractivity contribution in [3.63, 3.8) is 0 Å². The van der Waals surface area contributed by atoms with Crippen LogP contribution in [-0.4, -0.2) is 98.7 Å². The molecule has 0 unspecified atom stereocenters. The van der Waals surface area contributed by atoms with Crippen LogP contribution in [0.2, 0.25) is 0 Å². The van der Waals surface area contributed by atoms with Gasteiger partial charge in [-0.1, -0.05) is 55.0 Å². The van der Waals surface area contributed by atoms with Gasteiger partial charge in [0, 0.05) is 51.6 Å². The number of para-hydroxylation sites is 1. The maximum absolute atomic E-state index is 12.7. The molecule has 0 radical (unpaired) electrons. The fraction of sp³-hybridized carbons (Fsp3) is 0.571. The predicted octanol–water partition coefficient (Wildman–Crippen LogP) is 6.05. The lowest BCUT2D eigenvalue weighted by atomic mass is 10.0. The fourth-order valence-electron chi connectivity index (χ4n) is 5.44. The van der Waals surface area contributed by atoms with Gasteiger partial charge in [0.25, 0.3) is 0 Å². The van der Waals surface area contributed by atoms with Crippen LogP contribution in [0.3, 0.4) is 0 Å². The molecule has 2 amide bonds. The molecule has 242 valence electrons. The van der Waals surface area contributed by atoms with Gasteiger partial charge in [-0.25, -0.2) is 4.79 Å². The molecule has 3 rings (SSSR count). The first-order valence-electron chi connectivity index (χ1n) is 16.3. The van der Waals surface area contributed by atoms with E-state index in [1.165, 1.54) is 0 Å². The molecule has 0 spiro atoms. The molecule has 2 aromatic carbocycles. The van der Waals surface area contributed by atoms with Crippen LogP contribution >= 0.6 is 0 Å². The molecule has 1 aliphatic heterocycles. The molecule has 9 nitrogen and oxygen atoms in total. The van der Waals surface area contributed by atoms with Crippen LogP contribution in [0.4, 0.5) is 10.5 Å². The Morgan fingerprint density at radius 3 is 2.23 bits per heavy atom. The number of piperidine rings is 1. The van der Waals surface area contributed by atoms with Crippen molar-refractivity contribution in [2.45, 2.75) is 70.8 Å². The number of anilines is 1. The van der Waals surface area contributed by atoms with Crippen molar-refractivity contribution in [2.24, 2.45) is 0 Å². The van der Waals surface area contributed by atoms with Crippen LogP contribution in [0.5, 0.6) is 0 Å². The molecular weight excluding hydrogens is 556 g/mol. The third kappa shape index (κ3) is 13.1. The highest BCUT2D eigenvalue weighted by atomic mass is 16.6. The van der Waals surface area contributed by atoms with Crippen LogP contribution in [0.25, 0.3) is 11.1 Å². The summed E-state index contributed by atoms with van der Waals surface area (Å²) in [5.74, 6) is 0.0886. The van der Waals surface area contributed by atoms with Gasteiger partial charge >= 0.3 is 12.1 Å². The van der Waals surface area contributed by atoms with Gasteiger partial charge in [0.1, 0.15) is 6.10 Å². The number of carbonyl (C=O) groups excluding carboxylic acids is 3. The second-order valence-corrected chi connectivity index (χ2v) is 11.7. The molecule has 0 saturated carbocycles. The second-order valence-electron chi connectivity index (χ2n) is 11.7. The minimum atomic E-state index is -0.421. The minimum absolute atomic E-state index is 0.109. The third-order valence-electron chi connectivity index (χ3n) is 8.14. The smallest absolute Gasteiger partial charge is 0.411 e. The van der Waals surface area contributed by atoms with Crippen LogP contribution in [0.1, 0.15) is 64.7 Å². The standard InChI is InChI=1S/C35H52N4O5/c1-4-43-34(41)20-12-14-24-37(2)23-13-6-9-19-33(40)38(3)27-28-39-25-21-30(22-26-39)44-35(42)36-32-18-11-10-17-31(32)29-15-7-5-8-16-29/h5,7-8,10-11,15-18,30H,4,6,9,12-14,19-28H2,1-3H3,(H,36,42). The highest BCUT2D eigenvalue weighted by Crippen LogP contribution is 2.28. The summed E-state index contributed by atoms with van der Waals surface area (Å²) in [5, 5.41) is 2.93. The van der Waals surface area contributed by atoms with E-state index in [-0.39, 0.29) is 18.0 Å². The first-order valence-corrected chi connectivity index (χ1v) is 16.3. The van der Waals surface area contributed by atoms with Gasteiger partial charge in [0.15, 0.2) is 0 Å². The lowest BCUT2D eigenvalue weighted by Crippen LogP contribution is -2.42. The van der Waals surface area contributed by atoms with Gasteiger partial charge in [0.05, 0.1) is 12.3 Å². The number of nitrogens with zero attached hydrogens (tertiary/aromatic N) is 3. The molecule has 1 saturated heterocycles. The van der Waals surface area contributed by atoms with Gasteiger partial charge in [-0.2, -0.15) is 0 Å². The number of likely N-dealkylation sites (N-methyl/N-ethyl adjacent to an activating group) is 1. The van der Waals surface area contributed by atoms with E-state index in [0.29, 0.717) is 26.0 Å². The van der Waals surface area contributed by atoms with Crippen molar-refractivity contribution in [1.82, 2.24) is 14.7 Å². The predicted molar refractivity (Wildman–Crippen MR) is 176 cm³/mol. The topological polar surface area (TPSA) is 91.4 Å². The number of benzene rings is 2. The lowest BCUT2D eigenvalue weighted by molar-refractivity contribution is -0.143. The number of esters is 1. The molecular formula is C35H52N4O5. The Hall–Kier alpha value is -3.43. The molecule has 2 aromatic rings. The number of hydrogen-bond acceptors (Lipinski definition) is 7. The molecule has 1 N–H and O–H groups in total. The largest absolute Gasteiger partial charge is 0.466 e. The average molecular weight is 609 g/mol. The molecule has 1 heterocycles. The maximum Gasteiger partial charge on any atom is 0.411 e. The van der Waals surface area contributed by atoms with Crippen LogP contribution in [0, 0.1) is 0 Å². The molecule has 0 atom stereocenters. The highest BCUT2D eigenvalue weighted by Gasteiger charge is 2.23. The maximum atomic E-state index is 12.7. The lowest BCUT2D eigenvalue weighted by Gasteiger charge is -2.32. The molecule has 0 aromatic heterocycles. The number of rotatable bonds is 18.